The zero-order valence-electron chi connectivity index (χ0n) is 11.2. The zero-order chi connectivity index (χ0) is 14.6. The second-order valence-electron chi connectivity index (χ2n) is 5.14. The number of hydrogen-bond donors (Lipinski definition) is 3. The summed E-state index contributed by atoms with van der Waals surface area (Å²) < 4.78 is 27.1. The molecule has 2 rings (SSSR count). The van der Waals surface area contributed by atoms with Crippen LogP contribution in [-0.2, 0) is 10.0 Å². The van der Waals surface area contributed by atoms with Gasteiger partial charge in [0, 0.05) is 12.4 Å². The first-order valence-corrected chi connectivity index (χ1v) is 8.25. The molecule has 0 aromatic carbocycles. The van der Waals surface area contributed by atoms with Crippen molar-refractivity contribution in [1.29, 1.82) is 5.41 Å². The van der Waals surface area contributed by atoms with Gasteiger partial charge in [0.15, 0.2) is 0 Å². The lowest BCUT2D eigenvalue weighted by molar-refractivity contribution is 0.328. The normalized spacial score (nSPS) is 18.6. The molecule has 1 aliphatic carbocycles. The van der Waals surface area contributed by atoms with Gasteiger partial charge in [-0.3, -0.25) is 10.4 Å². The zero-order valence-corrected chi connectivity index (χ0v) is 12.1. The van der Waals surface area contributed by atoms with Crippen LogP contribution in [0.2, 0.25) is 0 Å². The van der Waals surface area contributed by atoms with Crippen molar-refractivity contribution in [3.05, 3.63) is 24.5 Å². The van der Waals surface area contributed by atoms with E-state index in [1.807, 2.05) is 0 Å². The third-order valence-electron chi connectivity index (χ3n) is 3.68. The van der Waals surface area contributed by atoms with Gasteiger partial charge in [-0.05, 0) is 30.9 Å². The minimum absolute atomic E-state index is 0.0991. The maximum atomic E-state index is 12.3. The summed E-state index contributed by atoms with van der Waals surface area (Å²) in [5.74, 6) is -0.0166. The first kappa shape index (κ1) is 14.9. The van der Waals surface area contributed by atoms with Crippen LogP contribution in [0.4, 0.5) is 0 Å². The molecular weight excluding hydrogens is 276 g/mol. The smallest absolute Gasteiger partial charge is 0.242 e. The van der Waals surface area contributed by atoms with Gasteiger partial charge in [-0.25, -0.2) is 13.1 Å². The Morgan fingerprint density at radius 2 is 2.10 bits per heavy atom. The van der Waals surface area contributed by atoms with E-state index in [2.05, 4.69) is 9.71 Å². The molecule has 1 aromatic rings. The summed E-state index contributed by atoms with van der Waals surface area (Å²) in [4.78, 5) is 3.91. The van der Waals surface area contributed by atoms with E-state index in [1.165, 1.54) is 18.5 Å². The Bertz CT molecular complexity index is 553. The van der Waals surface area contributed by atoms with Crippen LogP contribution >= 0.6 is 0 Å². The fourth-order valence-corrected chi connectivity index (χ4v) is 3.87. The number of nitrogens with two attached hydrogens (primary N) is 1. The molecule has 1 aliphatic rings. The molecule has 0 spiro atoms. The van der Waals surface area contributed by atoms with Crippen LogP contribution in [0.1, 0.15) is 32.1 Å². The quantitative estimate of drug-likeness (QED) is 0.561. The van der Waals surface area contributed by atoms with Crippen molar-refractivity contribution < 1.29 is 8.42 Å². The molecule has 20 heavy (non-hydrogen) atoms. The van der Waals surface area contributed by atoms with Crippen molar-refractivity contribution in [3.8, 4) is 0 Å². The molecule has 1 unspecified atom stereocenters. The Labute approximate surface area is 119 Å². The third kappa shape index (κ3) is 3.55. The Kier molecular flexibility index (Phi) is 4.72. The Morgan fingerprint density at radius 1 is 1.40 bits per heavy atom. The summed E-state index contributed by atoms with van der Waals surface area (Å²) in [5.41, 5.74) is 5.59. The number of hydrogen-bond acceptors (Lipinski definition) is 4. The van der Waals surface area contributed by atoms with Crippen LogP contribution in [0, 0.1) is 11.3 Å². The molecule has 1 fully saturated rings. The van der Waals surface area contributed by atoms with Crippen LogP contribution in [0.3, 0.4) is 0 Å². The lowest BCUT2D eigenvalue weighted by atomic mass is 9.84. The Morgan fingerprint density at radius 3 is 2.65 bits per heavy atom. The van der Waals surface area contributed by atoms with E-state index in [1.54, 1.807) is 6.07 Å². The summed E-state index contributed by atoms with van der Waals surface area (Å²) in [6.07, 6.45) is 7.89. The van der Waals surface area contributed by atoms with Gasteiger partial charge < -0.3 is 5.73 Å². The van der Waals surface area contributed by atoms with Gasteiger partial charge >= 0.3 is 0 Å². The molecule has 0 bridgehead atoms. The number of nitrogens with one attached hydrogen (secondary N) is 2. The number of rotatable bonds is 5. The maximum Gasteiger partial charge on any atom is 0.242 e. The first-order chi connectivity index (χ1) is 9.50. The van der Waals surface area contributed by atoms with Crippen molar-refractivity contribution >= 4 is 15.9 Å². The standard InChI is InChI=1S/C13H20N4O2S/c14-13(15)12(10-5-2-1-3-6-10)17-20(18,19)11-7-4-8-16-9-11/h4,7-10,12,17H,1-3,5-6H2,(H3,14,15). The van der Waals surface area contributed by atoms with E-state index < -0.39 is 16.1 Å². The molecule has 6 nitrogen and oxygen atoms in total. The predicted octanol–water partition coefficient (Wildman–Crippen LogP) is 1.24. The lowest BCUT2D eigenvalue weighted by Gasteiger charge is -2.29. The van der Waals surface area contributed by atoms with E-state index in [9.17, 15) is 8.42 Å². The molecule has 1 aromatic heterocycles. The Balaban J connectivity index is 2.17. The maximum absolute atomic E-state index is 12.3. The highest BCUT2D eigenvalue weighted by Gasteiger charge is 2.30. The summed E-state index contributed by atoms with van der Waals surface area (Å²) in [5, 5.41) is 7.67. The predicted molar refractivity (Wildman–Crippen MR) is 76.8 cm³/mol. The lowest BCUT2D eigenvalue weighted by Crippen LogP contribution is -2.49. The number of sulfonamides is 1. The Hall–Kier alpha value is -1.47. The average molecular weight is 296 g/mol. The van der Waals surface area contributed by atoms with Gasteiger partial charge in [-0.2, -0.15) is 0 Å². The van der Waals surface area contributed by atoms with Crippen molar-refractivity contribution in [2.45, 2.75) is 43.0 Å². The van der Waals surface area contributed by atoms with Gasteiger partial charge in [-0.1, -0.05) is 19.3 Å². The van der Waals surface area contributed by atoms with Crippen molar-refractivity contribution in [2.75, 3.05) is 0 Å². The number of aromatic nitrogens is 1. The van der Waals surface area contributed by atoms with Gasteiger partial charge in [0.05, 0.1) is 6.04 Å². The van der Waals surface area contributed by atoms with Crippen molar-refractivity contribution in [2.24, 2.45) is 11.7 Å². The third-order valence-corrected chi connectivity index (χ3v) is 5.11. The van der Waals surface area contributed by atoms with E-state index in [4.69, 9.17) is 11.1 Å². The van der Waals surface area contributed by atoms with Crippen LogP contribution < -0.4 is 10.5 Å². The van der Waals surface area contributed by atoms with Gasteiger partial charge in [0.2, 0.25) is 10.0 Å². The number of pyridine rings is 1. The summed E-state index contributed by atoms with van der Waals surface area (Å²) in [7, 11) is -3.69. The van der Waals surface area contributed by atoms with Gasteiger partial charge in [0.25, 0.3) is 0 Å². The van der Waals surface area contributed by atoms with Crippen LogP contribution in [0.5, 0.6) is 0 Å². The highest BCUT2D eigenvalue weighted by molar-refractivity contribution is 7.89. The monoisotopic (exact) mass is 296 g/mol. The molecule has 4 N–H and O–H groups in total. The molecule has 1 heterocycles. The number of amidine groups is 1. The van der Waals surface area contributed by atoms with Crippen LogP contribution in [-0.4, -0.2) is 25.3 Å². The van der Waals surface area contributed by atoms with Crippen molar-refractivity contribution in [3.63, 3.8) is 0 Å². The summed E-state index contributed by atoms with van der Waals surface area (Å²) >= 11 is 0. The molecule has 7 heteroatoms. The first-order valence-electron chi connectivity index (χ1n) is 6.77. The second kappa shape index (κ2) is 6.32. The molecule has 110 valence electrons. The SMILES string of the molecule is N=C(N)C(NS(=O)(=O)c1cccnc1)C1CCCCC1. The average Bonchev–Trinajstić information content (AvgIpc) is 2.46. The number of nitrogens with zero attached hydrogens (tertiary/aromatic N) is 1. The minimum atomic E-state index is -3.69. The highest BCUT2D eigenvalue weighted by atomic mass is 32.2. The molecule has 0 amide bonds. The summed E-state index contributed by atoms with van der Waals surface area (Å²) in [6, 6.07) is 2.42. The van der Waals surface area contributed by atoms with E-state index in [0.29, 0.717) is 0 Å². The van der Waals surface area contributed by atoms with Gasteiger partial charge in [-0.15, -0.1) is 0 Å². The van der Waals surface area contributed by atoms with Crippen LogP contribution in [0.15, 0.2) is 29.4 Å². The molecular formula is C13H20N4O2S. The fraction of sp³-hybridized carbons (Fsp3) is 0.538. The van der Waals surface area contributed by atoms with E-state index in [-0.39, 0.29) is 16.6 Å². The molecule has 0 saturated heterocycles. The molecule has 1 saturated carbocycles. The largest absolute Gasteiger partial charge is 0.386 e. The van der Waals surface area contributed by atoms with Crippen LogP contribution in [0.25, 0.3) is 0 Å². The summed E-state index contributed by atoms with van der Waals surface area (Å²) in [6.45, 7) is 0. The highest BCUT2D eigenvalue weighted by Crippen LogP contribution is 2.27. The fourth-order valence-electron chi connectivity index (χ4n) is 2.62. The molecule has 0 aliphatic heterocycles. The molecule has 1 atom stereocenters. The van der Waals surface area contributed by atoms with Crippen molar-refractivity contribution in [1.82, 2.24) is 9.71 Å². The van der Waals surface area contributed by atoms with E-state index in [0.717, 1.165) is 32.1 Å². The second-order valence-corrected chi connectivity index (χ2v) is 6.86. The topological polar surface area (TPSA) is 109 Å². The molecule has 0 radical (unpaired) electrons. The minimum Gasteiger partial charge on any atom is -0.386 e. The van der Waals surface area contributed by atoms with Gasteiger partial charge in [0.1, 0.15) is 10.7 Å². The van der Waals surface area contributed by atoms with E-state index >= 15 is 0 Å².